The molecule has 0 unspecified atom stereocenters. The lowest BCUT2D eigenvalue weighted by Crippen LogP contribution is -2.14. The summed E-state index contributed by atoms with van der Waals surface area (Å²) in [6.45, 7) is 1.61. The predicted molar refractivity (Wildman–Crippen MR) is 89.8 cm³/mol. The third-order valence-corrected chi connectivity index (χ3v) is 3.78. The first kappa shape index (κ1) is 18.1. The van der Waals surface area contributed by atoms with E-state index in [1.54, 1.807) is 13.0 Å². The minimum atomic E-state index is -0.846. The van der Waals surface area contributed by atoms with Gasteiger partial charge in [0.15, 0.2) is 5.78 Å². The summed E-state index contributed by atoms with van der Waals surface area (Å²) in [6.07, 6.45) is 1.21. The van der Waals surface area contributed by atoms with Gasteiger partial charge in [0.2, 0.25) is 0 Å². The monoisotopic (exact) mass is 398 g/mol. The Bertz CT molecular complexity index is 822. The number of rotatable bonds is 5. The van der Waals surface area contributed by atoms with Gasteiger partial charge in [-0.05, 0) is 36.8 Å². The number of nitrogens with one attached hydrogen (secondary N) is 1. The molecule has 0 saturated carbocycles. The Morgan fingerprint density at radius 3 is 2.58 bits per heavy atom. The van der Waals surface area contributed by atoms with Crippen LogP contribution in [0.25, 0.3) is 0 Å². The molecule has 0 aliphatic heterocycles. The number of hydrogen-bond acceptors (Lipinski definition) is 3. The van der Waals surface area contributed by atoms with E-state index in [2.05, 4.69) is 21.2 Å². The second-order valence-electron chi connectivity index (χ2n) is 5.13. The van der Waals surface area contributed by atoms with Crippen LogP contribution in [-0.4, -0.2) is 5.78 Å². The third-order valence-electron chi connectivity index (χ3n) is 3.28. The summed E-state index contributed by atoms with van der Waals surface area (Å²) in [7, 11) is 0. The maximum Gasteiger partial charge on any atom is 0.190 e. The number of halogens is 4. The van der Waals surface area contributed by atoms with Crippen LogP contribution < -0.4 is 11.1 Å². The van der Waals surface area contributed by atoms with Crippen molar-refractivity contribution in [2.45, 2.75) is 13.5 Å². The molecule has 0 heterocycles. The first-order chi connectivity index (χ1) is 11.3. The van der Waals surface area contributed by atoms with E-state index in [9.17, 15) is 18.0 Å². The Balaban J connectivity index is 2.10. The normalized spacial score (nSPS) is 11.5. The molecule has 2 aromatic rings. The molecule has 3 nitrogen and oxygen atoms in total. The molecule has 24 heavy (non-hydrogen) atoms. The summed E-state index contributed by atoms with van der Waals surface area (Å²) in [4.78, 5) is 12.1. The second-order valence-corrected chi connectivity index (χ2v) is 6.05. The number of carbonyl (C=O) groups excluding carboxylic acids is 1. The summed E-state index contributed by atoms with van der Waals surface area (Å²) in [5.74, 6) is -2.76. The van der Waals surface area contributed by atoms with Crippen LogP contribution in [0.15, 0.2) is 46.6 Å². The third kappa shape index (κ3) is 4.38. The molecule has 0 aromatic heterocycles. The van der Waals surface area contributed by atoms with Crippen LogP contribution in [0.1, 0.15) is 22.8 Å². The summed E-state index contributed by atoms with van der Waals surface area (Å²) < 4.78 is 40.8. The molecule has 126 valence electrons. The summed E-state index contributed by atoms with van der Waals surface area (Å²) in [6, 6.07) is 5.92. The molecule has 0 aliphatic carbocycles. The Kier molecular flexibility index (Phi) is 5.66. The molecule has 0 fully saturated rings. The van der Waals surface area contributed by atoms with Crippen molar-refractivity contribution in [1.29, 1.82) is 0 Å². The summed E-state index contributed by atoms with van der Waals surface area (Å²) in [5, 5.41) is 2.82. The minimum Gasteiger partial charge on any atom is -0.396 e. The van der Waals surface area contributed by atoms with Crippen molar-refractivity contribution in [3.8, 4) is 0 Å². The number of ketones is 1. The van der Waals surface area contributed by atoms with E-state index in [1.807, 2.05) is 0 Å². The van der Waals surface area contributed by atoms with Gasteiger partial charge in [0.05, 0.1) is 11.3 Å². The van der Waals surface area contributed by atoms with E-state index < -0.39 is 23.2 Å². The zero-order valence-corrected chi connectivity index (χ0v) is 14.3. The highest BCUT2D eigenvalue weighted by Gasteiger charge is 2.11. The van der Waals surface area contributed by atoms with E-state index in [0.29, 0.717) is 16.2 Å². The van der Waals surface area contributed by atoms with Crippen molar-refractivity contribution in [2.24, 2.45) is 0 Å². The van der Waals surface area contributed by atoms with Crippen LogP contribution in [-0.2, 0) is 6.54 Å². The molecule has 0 bridgehead atoms. The second kappa shape index (κ2) is 7.53. The smallest absolute Gasteiger partial charge is 0.190 e. The topological polar surface area (TPSA) is 55.1 Å². The number of benzene rings is 2. The van der Waals surface area contributed by atoms with E-state index in [0.717, 1.165) is 6.07 Å². The van der Waals surface area contributed by atoms with Crippen LogP contribution in [0, 0.1) is 17.5 Å². The van der Waals surface area contributed by atoms with E-state index >= 15 is 0 Å². The molecule has 2 aromatic carbocycles. The maximum absolute atomic E-state index is 13.7. The van der Waals surface area contributed by atoms with Crippen LogP contribution in [0.5, 0.6) is 0 Å². The van der Waals surface area contributed by atoms with Crippen molar-refractivity contribution in [3.05, 3.63) is 75.2 Å². The number of anilines is 1. The average molecular weight is 399 g/mol. The van der Waals surface area contributed by atoms with E-state index in [4.69, 9.17) is 5.73 Å². The molecular weight excluding hydrogens is 385 g/mol. The van der Waals surface area contributed by atoms with Crippen molar-refractivity contribution >= 4 is 27.4 Å². The number of carbonyl (C=O) groups is 1. The van der Waals surface area contributed by atoms with Crippen molar-refractivity contribution in [2.75, 3.05) is 5.73 Å². The number of nitrogens with two attached hydrogens (primary N) is 1. The van der Waals surface area contributed by atoms with Crippen molar-refractivity contribution < 1.29 is 18.0 Å². The fraction of sp³-hybridized carbons (Fsp3) is 0.118. The van der Waals surface area contributed by atoms with Gasteiger partial charge in [0, 0.05) is 28.9 Å². The van der Waals surface area contributed by atoms with Gasteiger partial charge >= 0.3 is 0 Å². The molecule has 0 atom stereocenters. The molecule has 7 heteroatoms. The van der Waals surface area contributed by atoms with E-state index in [-0.39, 0.29) is 23.4 Å². The van der Waals surface area contributed by atoms with Gasteiger partial charge in [0.1, 0.15) is 17.5 Å². The predicted octanol–water partition coefficient (Wildman–Crippen LogP) is 4.32. The SMILES string of the molecule is CC(=CC(=O)c1ccc(Br)cc1F)NCc1cc(F)cc(F)c1N. The molecule has 2 rings (SSSR count). The highest BCUT2D eigenvalue weighted by atomic mass is 79.9. The van der Waals surface area contributed by atoms with Crippen molar-refractivity contribution in [3.63, 3.8) is 0 Å². The highest BCUT2D eigenvalue weighted by molar-refractivity contribution is 9.10. The molecule has 0 radical (unpaired) electrons. The molecule has 3 N–H and O–H groups in total. The average Bonchev–Trinajstić information content (AvgIpc) is 2.49. The molecule has 0 amide bonds. The minimum absolute atomic E-state index is 0.0267. The highest BCUT2D eigenvalue weighted by Crippen LogP contribution is 2.19. The van der Waals surface area contributed by atoms with Gasteiger partial charge in [-0.25, -0.2) is 13.2 Å². The fourth-order valence-corrected chi connectivity index (χ4v) is 2.37. The van der Waals surface area contributed by atoms with Crippen LogP contribution in [0.2, 0.25) is 0 Å². The van der Waals surface area contributed by atoms with Crippen LogP contribution >= 0.6 is 15.9 Å². The largest absolute Gasteiger partial charge is 0.396 e. The van der Waals surface area contributed by atoms with Crippen LogP contribution in [0.3, 0.4) is 0 Å². The van der Waals surface area contributed by atoms with Crippen molar-refractivity contribution in [1.82, 2.24) is 5.32 Å². The first-order valence-corrected chi connectivity index (χ1v) is 7.72. The van der Waals surface area contributed by atoms with Gasteiger partial charge in [-0.3, -0.25) is 4.79 Å². The maximum atomic E-state index is 13.7. The standard InChI is InChI=1S/C17H14BrF3N2O/c1-9(4-16(24)13-3-2-11(18)6-14(13)20)23-8-10-5-12(19)7-15(21)17(10)22/h2-7,23H,8,22H2,1H3. The Morgan fingerprint density at radius 1 is 1.21 bits per heavy atom. The molecule has 0 spiro atoms. The van der Waals surface area contributed by atoms with Gasteiger partial charge in [-0.1, -0.05) is 15.9 Å². The van der Waals surface area contributed by atoms with Gasteiger partial charge in [-0.15, -0.1) is 0 Å². The number of hydrogen-bond donors (Lipinski definition) is 2. The first-order valence-electron chi connectivity index (χ1n) is 6.93. The Morgan fingerprint density at radius 2 is 1.92 bits per heavy atom. The van der Waals surface area contributed by atoms with E-state index in [1.165, 1.54) is 18.2 Å². The Labute approximate surface area is 145 Å². The van der Waals surface area contributed by atoms with Crippen LogP contribution in [0.4, 0.5) is 18.9 Å². The zero-order chi connectivity index (χ0) is 17.9. The van der Waals surface area contributed by atoms with Gasteiger partial charge < -0.3 is 11.1 Å². The Hall–Kier alpha value is -2.28. The molecule has 0 saturated heterocycles. The van der Waals surface area contributed by atoms with Gasteiger partial charge in [0.25, 0.3) is 0 Å². The fourth-order valence-electron chi connectivity index (χ4n) is 2.03. The lowest BCUT2D eigenvalue weighted by atomic mass is 10.1. The zero-order valence-electron chi connectivity index (χ0n) is 12.7. The lowest BCUT2D eigenvalue weighted by molar-refractivity contribution is 0.104. The summed E-state index contributed by atoms with van der Waals surface area (Å²) in [5.41, 5.74) is 5.94. The lowest BCUT2D eigenvalue weighted by Gasteiger charge is -2.10. The number of nitrogen functional groups attached to an aromatic ring is 1. The number of allylic oxidation sites excluding steroid dienone is 2. The quantitative estimate of drug-likeness (QED) is 0.447. The summed E-state index contributed by atoms with van der Waals surface area (Å²) >= 11 is 3.11. The molecular formula is C17H14BrF3N2O. The van der Waals surface area contributed by atoms with Gasteiger partial charge in [-0.2, -0.15) is 0 Å². The molecule has 0 aliphatic rings.